The Kier molecular flexibility index (Phi) is 4.05. The summed E-state index contributed by atoms with van der Waals surface area (Å²) in [6.45, 7) is 0.549. The van der Waals surface area contributed by atoms with Gasteiger partial charge in [-0.15, -0.1) is 0 Å². The summed E-state index contributed by atoms with van der Waals surface area (Å²) in [6, 6.07) is 7.47. The van der Waals surface area contributed by atoms with Crippen molar-refractivity contribution in [2.75, 3.05) is 6.54 Å². The minimum atomic E-state index is -2.37. The van der Waals surface area contributed by atoms with Gasteiger partial charge in [-0.2, -0.15) is 8.78 Å². The lowest BCUT2D eigenvalue weighted by molar-refractivity contribution is 0.252. The molecule has 94 valence electrons. The van der Waals surface area contributed by atoms with Crippen LogP contribution in [-0.2, 0) is 5.41 Å². The molecule has 0 spiro atoms. The lowest BCUT2D eigenvalue weighted by Crippen LogP contribution is -2.32. The first-order chi connectivity index (χ1) is 8.18. The standard InChI is InChI=1S/C13H17F2NS/c14-12(15)17-11-6-2-1-5-10(11)13(9-16)7-3-4-8-13/h1-2,5-6,12H,3-4,7-9,16H2. The minimum absolute atomic E-state index is 0.0709. The van der Waals surface area contributed by atoms with Crippen LogP contribution < -0.4 is 5.73 Å². The molecular formula is C13H17F2NS. The smallest absolute Gasteiger partial charge is 0.288 e. The molecule has 0 amide bonds. The number of hydrogen-bond acceptors (Lipinski definition) is 2. The molecule has 0 aromatic heterocycles. The molecule has 4 heteroatoms. The average Bonchev–Trinajstić information content (AvgIpc) is 2.79. The predicted molar refractivity (Wildman–Crippen MR) is 67.5 cm³/mol. The number of nitrogens with two attached hydrogens (primary N) is 1. The van der Waals surface area contributed by atoms with E-state index in [-0.39, 0.29) is 5.41 Å². The maximum atomic E-state index is 12.5. The molecule has 0 bridgehead atoms. The Balaban J connectivity index is 2.36. The molecule has 1 aromatic rings. The van der Waals surface area contributed by atoms with Crippen LogP contribution in [0.1, 0.15) is 31.2 Å². The normalized spacial score (nSPS) is 18.8. The Morgan fingerprint density at radius 1 is 1.24 bits per heavy atom. The molecule has 0 aliphatic heterocycles. The number of rotatable bonds is 4. The van der Waals surface area contributed by atoms with E-state index < -0.39 is 5.76 Å². The zero-order chi connectivity index (χ0) is 12.3. The van der Waals surface area contributed by atoms with Crippen LogP contribution in [-0.4, -0.2) is 12.3 Å². The first-order valence-corrected chi connectivity index (χ1v) is 6.80. The summed E-state index contributed by atoms with van der Waals surface area (Å²) in [5.74, 6) is -2.37. The Hall–Kier alpha value is -0.610. The van der Waals surface area contributed by atoms with Gasteiger partial charge >= 0.3 is 0 Å². The third-order valence-electron chi connectivity index (χ3n) is 3.63. The molecule has 0 radical (unpaired) electrons. The molecule has 1 saturated carbocycles. The molecule has 1 aliphatic rings. The van der Waals surface area contributed by atoms with Crippen molar-refractivity contribution in [2.45, 2.75) is 41.8 Å². The van der Waals surface area contributed by atoms with E-state index in [1.54, 1.807) is 6.07 Å². The summed E-state index contributed by atoms with van der Waals surface area (Å²) >= 11 is 0.637. The van der Waals surface area contributed by atoms with Crippen molar-refractivity contribution >= 4 is 11.8 Å². The number of benzene rings is 1. The molecule has 0 atom stereocenters. The van der Waals surface area contributed by atoms with E-state index in [1.165, 1.54) is 0 Å². The molecule has 1 aromatic carbocycles. The van der Waals surface area contributed by atoms with Crippen LogP contribution in [0.3, 0.4) is 0 Å². The fourth-order valence-corrected chi connectivity index (χ4v) is 3.50. The van der Waals surface area contributed by atoms with Gasteiger partial charge in [0.25, 0.3) is 5.76 Å². The molecule has 0 saturated heterocycles. The van der Waals surface area contributed by atoms with Gasteiger partial charge in [-0.05, 0) is 24.5 Å². The van der Waals surface area contributed by atoms with Crippen molar-refractivity contribution in [3.63, 3.8) is 0 Å². The van der Waals surface area contributed by atoms with Gasteiger partial charge in [0, 0.05) is 16.9 Å². The van der Waals surface area contributed by atoms with Gasteiger partial charge in [-0.1, -0.05) is 42.8 Å². The third kappa shape index (κ3) is 2.63. The van der Waals surface area contributed by atoms with E-state index in [9.17, 15) is 8.78 Å². The maximum absolute atomic E-state index is 12.5. The molecule has 1 aliphatic carbocycles. The van der Waals surface area contributed by atoms with Crippen LogP contribution in [0.25, 0.3) is 0 Å². The van der Waals surface area contributed by atoms with Crippen LogP contribution in [0.15, 0.2) is 29.2 Å². The van der Waals surface area contributed by atoms with Crippen molar-refractivity contribution in [2.24, 2.45) is 5.73 Å². The first-order valence-electron chi connectivity index (χ1n) is 5.92. The van der Waals surface area contributed by atoms with E-state index in [2.05, 4.69) is 0 Å². The first kappa shape index (κ1) is 12.8. The van der Waals surface area contributed by atoms with Crippen LogP contribution >= 0.6 is 11.8 Å². The van der Waals surface area contributed by atoms with E-state index >= 15 is 0 Å². The summed E-state index contributed by atoms with van der Waals surface area (Å²) in [5.41, 5.74) is 6.85. The summed E-state index contributed by atoms with van der Waals surface area (Å²) in [6.07, 6.45) is 4.32. The zero-order valence-corrected chi connectivity index (χ0v) is 10.5. The largest absolute Gasteiger partial charge is 0.330 e. The van der Waals surface area contributed by atoms with Gasteiger partial charge in [-0.3, -0.25) is 0 Å². The number of hydrogen-bond donors (Lipinski definition) is 1. The van der Waals surface area contributed by atoms with Crippen LogP contribution in [0, 0.1) is 0 Å². The van der Waals surface area contributed by atoms with E-state index in [0.717, 1.165) is 31.2 Å². The van der Waals surface area contributed by atoms with Crippen LogP contribution in [0.2, 0.25) is 0 Å². The zero-order valence-electron chi connectivity index (χ0n) is 9.66. The van der Waals surface area contributed by atoms with E-state index in [1.807, 2.05) is 18.2 Å². The SMILES string of the molecule is NCC1(c2ccccc2SC(F)F)CCCC1. The maximum Gasteiger partial charge on any atom is 0.288 e. The molecular weight excluding hydrogens is 240 g/mol. The van der Waals surface area contributed by atoms with E-state index in [4.69, 9.17) is 5.73 Å². The Morgan fingerprint density at radius 3 is 2.47 bits per heavy atom. The predicted octanol–water partition coefficient (Wildman–Crippen LogP) is 3.77. The number of alkyl halides is 2. The van der Waals surface area contributed by atoms with Gasteiger partial charge in [0.05, 0.1) is 0 Å². The van der Waals surface area contributed by atoms with Gasteiger partial charge in [0.15, 0.2) is 0 Å². The Labute approximate surface area is 105 Å². The molecule has 1 nitrogen and oxygen atoms in total. The third-order valence-corrected chi connectivity index (χ3v) is 4.41. The topological polar surface area (TPSA) is 26.0 Å². The highest BCUT2D eigenvalue weighted by Crippen LogP contribution is 2.44. The summed E-state index contributed by atoms with van der Waals surface area (Å²) in [7, 11) is 0. The number of halogens is 2. The monoisotopic (exact) mass is 257 g/mol. The second-order valence-electron chi connectivity index (χ2n) is 4.57. The molecule has 0 heterocycles. The highest BCUT2D eigenvalue weighted by Gasteiger charge is 2.36. The molecule has 0 unspecified atom stereocenters. The van der Waals surface area contributed by atoms with Crippen molar-refractivity contribution in [1.29, 1.82) is 0 Å². The summed E-state index contributed by atoms with van der Waals surface area (Å²) in [5, 5.41) is 0. The minimum Gasteiger partial charge on any atom is -0.330 e. The van der Waals surface area contributed by atoms with Gasteiger partial charge in [-0.25, -0.2) is 0 Å². The van der Waals surface area contributed by atoms with Crippen LogP contribution in [0.4, 0.5) is 8.78 Å². The molecule has 2 N–H and O–H groups in total. The molecule has 2 rings (SSSR count). The lowest BCUT2D eigenvalue weighted by Gasteiger charge is -2.29. The van der Waals surface area contributed by atoms with Gasteiger partial charge in [0.2, 0.25) is 0 Å². The second-order valence-corrected chi connectivity index (χ2v) is 5.60. The highest BCUT2D eigenvalue weighted by atomic mass is 32.2. The van der Waals surface area contributed by atoms with Crippen molar-refractivity contribution in [1.82, 2.24) is 0 Å². The van der Waals surface area contributed by atoms with E-state index in [0.29, 0.717) is 23.2 Å². The summed E-state index contributed by atoms with van der Waals surface area (Å²) < 4.78 is 25.1. The fraction of sp³-hybridized carbons (Fsp3) is 0.538. The fourth-order valence-electron chi connectivity index (χ4n) is 2.74. The lowest BCUT2D eigenvalue weighted by atomic mass is 9.79. The Morgan fingerprint density at radius 2 is 1.88 bits per heavy atom. The second kappa shape index (κ2) is 5.36. The highest BCUT2D eigenvalue weighted by molar-refractivity contribution is 7.99. The van der Waals surface area contributed by atoms with Crippen LogP contribution in [0.5, 0.6) is 0 Å². The van der Waals surface area contributed by atoms with Crippen molar-refractivity contribution in [3.8, 4) is 0 Å². The Bertz CT molecular complexity index is 375. The van der Waals surface area contributed by atoms with Crippen molar-refractivity contribution in [3.05, 3.63) is 29.8 Å². The van der Waals surface area contributed by atoms with Gasteiger partial charge < -0.3 is 5.73 Å². The number of thioether (sulfide) groups is 1. The molecule has 17 heavy (non-hydrogen) atoms. The van der Waals surface area contributed by atoms with Gasteiger partial charge in [0.1, 0.15) is 0 Å². The molecule has 1 fully saturated rings. The average molecular weight is 257 g/mol. The summed E-state index contributed by atoms with van der Waals surface area (Å²) in [4.78, 5) is 0.690. The van der Waals surface area contributed by atoms with Crippen molar-refractivity contribution < 1.29 is 8.78 Å². The quantitative estimate of drug-likeness (QED) is 0.831.